The van der Waals surface area contributed by atoms with Gasteiger partial charge in [0, 0.05) is 59.9 Å². The van der Waals surface area contributed by atoms with E-state index in [2.05, 4.69) is 14.9 Å². The van der Waals surface area contributed by atoms with Crippen LogP contribution in [0.1, 0.15) is 44.9 Å². The molecule has 12 heteroatoms. The molecule has 48 heavy (non-hydrogen) atoms. The Morgan fingerprint density at radius 3 is 2.85 bits per heavy atom. The predicted molar refractivity (Wildman–Crippen MR) is 181 cm³/mol. The van der Waals surface area contributed by atoms with Gasteiger partial charge in [0.05, 0.1) is 37.4 Å². The number of β-amino-alcohol motifs (C(OH)–C–C–N with tert-alkyl or cyclic N) is 1. The van der Waals surface area contributed by atoms with E-state index in [4.69, 9.17) is 30.8 Å². The van der Waals surface area contributed by atoms with Gasteiger partial charge in [-0.1, -0.05) is 30.2 Å². The molecule has 0 spiro atoms. The first-order valence-electron chi connectivity index (χ1n) is 17.0. The largest absolute Gasteiger partial charge is 0.508 e. The van der Waals surface area contributed by atoms with Gasteiger partial charge in [0.15, 0.2) is 5.82 Å². The molecule has 3 unspecified atom stereocenters. The van der Waals surface area contributed by atoms with Crippen LogP contribution in [0.2, 0.25) is 5.02 Å². The van der Waals surface area contributed by atoms with Crippen molar-refractivity contribution < 1.29 is 28.8 Å². The number of likely N-dealkylation sites (tertiary alicyclic amines) is 1. The van der Waals surface area contributed by atoms with Crippen molar-refractivity contribution in [2.45, 2.75) is 69.2 Å². The van der Waals surface area contributed by atoms with Crippen molar-refractivity contribution in [2.24, 2.45) is 5.41 Å². The van der Waals surface area contributed by atoms with Crippen LogP contribution in [0, 0.1) is 11.2 Å². The summed E-state index contributed by atoms with van der Waals surface area (Å²) >= 11 is 6.60. The second kappa shape index (κ2) is 12.8. The van der Waals surface area contributed by atoms with Crippen LogP contribution in [0.25, 0.3) is 32.9 Å². The number of aromatic nitrogens is 3. The van der Waals surface area contributed by atoms with Crippen molar-refractivity contribution in [1.29, 1.82) is 0 Å². The first-order chi connectivity index (χ1) is 23.3. The molecule has 4 aromatic rings. The summed E-state index contributed by atoms with van der Waals surface area (Å²) < 4.78 is 34.6. The lowest BCUT2D eigenvalue weighted by Gasteiger charge is -2.53. The Morgan fingerprint density at radius 2 is 2.00 bits per heavy atom. The van der Waals surface area contributed by atoms with Crippen LogP contribution in [0.3, 0.4) is 0 Å². The Labute approximate surface area is 283 Å². The second-order valence-electron chi connectivity index (χ2n) is 13.9. The number of hydrogen-bond acceptors (Lipinski definition) is 10. The van der Waals surface area contributed by atoms with Crippen LogP contribution in [0.15, 0.2) is 36.5 Å². The maximum atomic E-state index is 16.8. The number of pyridine rings is 1. The van der Waals surface area contributed by atoms with E-state index in [9.17, 15) is 10.2 Å². The van der Waals surface area contributed by atoms with Crippen molar-refractivity contribution in [3.8, 4) is 23.0 Å². The van der Waals surface area contributed by atoms with Gasteiger partial charge in [0.25, 0.3) is 0 Å². The normalized spacial score (nSPS) is 28.0. The highest BCUT2D eigenvalue weighted by molar-refractivity contribution is 6.36. The minimum Gasteiger partial charge on any atom is -0.508 e. The Kier molecular flexibility index (Phi) is 8.53. The molecule has 254 valence electrons. The fourth-order valence-electron chi connectivity index (χ4n) is 8.64. The third-order valence-corrected chi connectivity index (χ3v) is 11.4. The number of aromatic hydroxyl groups is 1. The molecule has 10 nitrogen and oxygen atoms in total. The summed E-state index contributed by atoms with van der Waals surface area (Å²) in [4.78, 5) is 18.7. The van der Waals surface area contributed by atoms with Gasteiger partial charge in [-0.15, -0.1) is 0 Å². The summed E-state index contributed by atoms with van der Waals surface area (Å²) in [5, 5.41) is 23.2. The SMILES string of the molecule is COC1CC(N2CCCC3(COc4nc(N5CCOCC(O)C5)c5cnc(-c6cc(O)cc7cccc(Cl)c67)c(F)c5n4)CCCC23)C1. The summed E-state index contributed by atoms with van der Waals surface area (Å²) in [6, 6.07) is 9.43. The van der Waals surface area contributed by atoms with Crippen molar-refractivity contribution in [3.05, 3.63) is 47.4 Å². The quantitative estimate of drug-likeness (QED) is 0.251. The van der Waals surface area contributed by atoms with Crippen LogP contribution in [-0.4, -0.2) is 101 Å². The van der Waals surface area contributed by atoms with Crippen LogP contribution in [-0.2, 0) is 9.47 Å². The number of phenolic OH excluding ortho intramolecular Hbond substituents is 1. The van der Waals surface area contributed by atoms with Crippen molar-refractivity contribution in [3.63, 3.8) is 0 Å². The van der Waals surface area contributed by atoms with E-state index < -0.39 is 11.9 Å². The number of benzene rings is 2. The lowest BCUT2D eigenvalue weighted by atomic mass is 9.73. The molecule has 0 amide bonds. The van der Waals surface area contributed by atoms with Gasteiger partial charge in [-0.3, -0.25) is 9.88 Å². The average molecular weight is 678 g/mol. The highest BCUT2D eigenvalue weighted by atomic mass is 35.5. The number of methoxy groups -OCH3 is 1. The number of hydrogen-bond donors (Lipinski definition) is 2. The van der Waals surface area contributed by atoms with Crippen LogP contribution >= 0.6 is 11.6 Å². The second-order valence-corrected chi connectivity index (χ2v) is 14.3. The number of phenols is 1. The van der Waals surface area contributed by atoms with Gasteiger partial charge in [-0.25, -0.2) is 4.39 Å². The third-order valence-electron chi connectivity index (χ3n) is 11.1. The molecule has 2 saturated heterocycles. The number of nitrogens with zero attached hydrogens (tertiary/aromatic N) is 5. The molecule has 4 heterocycles. The minimum atomic E-state index is -0.740. The lowest BCUT2D eigenvalue weighted by Crippen LogP contribution is -2.59. The number of halogens is 2. The Bertz CT molecular complexity index is 1840. The van der Waals surface area contributed by atoms with E-state index in [0.717, 1.165) is 51.5 Å². The molecule has 2 aromatic carbocycles. The number of aliphatic hydroxyl groups excluding tert-OH is 1. The van der Waals surface area contributed by atoms with E-state index in [1.54, 1.807) is 31.5 Å². The highest BCUT2D eigenvalue weighted by Gasteiger charge is 2.51. The van der Waals surface area contributed by atoms with Gasteiger partial charge in [-0.05, 0) is 68.7 Å². The molecule has 2 saturated carbocycles. The predicted octanol–water partition coefficient (Wildman–Crippen LogP) is 5.73. The number of fused-ring (bicyclic) bond motifs is 3. The highest BCUT2D eigenvalue weighted by Crippen LogP contribution is 2.50. The molecule has 4 fully saturated rings. The van der Waals surface area contributed by atoms with Crippen LogP contribution < -0.4 is 9.64 Å². The molecule has 3 atom stereocenters. The van der Waals surface area contributed by atoms with E-state index in [1.807, 2.05) is 11.0 Å². The maximum Gasteiger partial charge on any atom is 0.319 e. The summed E-state index contributed by atoms with van der Waals surface area (Å²) in [5.41, 5.74) is 0.395. The summed E-state index contributed by atoms with van der Waals surface area (Å²) in [6.45, 7) is 2.83. The molecule has 2 aliphatic heterocycles. The molecular formula is C36H41ClFN5O5. The summed E-state index contributed by atoms with van der Waals surface area (Å²) in [7, 11) is 1.80. The van der Waals surface area contributed by atoms with Gasteiger partial charge < -0.3 is 29.3 Å². The van der Waals surface area contributed by atoms with E-state index in [0.29, 0.717) is 70.5 Å². The Hall–Kier alpha value is -3.35. The summed E-state index contributed by atoms with van der Waals surface area (Å²) in [5.74, 6) is -0.265. The Morgan fingerprint density at radius 1 is 1.15 bits per heavy atom. The molecule has 2 aromatic heterocycles. The number of anilines is 1. The molecule has 2 N–H and O–H groups in total. The molecule has 0 bridgehead atoms. The topological polar surface area (TPSA) is 113 Å². The average Bonchev–Trinajstić information content (AvgIpc) is 3.37. The van der Waals surface area contributed by atoms with Crippen molar-refractivity contribution in [1.82, 2.24) is 19.9 Å². The zero-order valence-electron chi connectivity index (χ0n) is 27.1. The third kappa shape index (κ3) is 5.63. The zero-order valence-corrected chi connectivity index (χ0v) is 27.8. The number of rotatable bonds is 7. The van der Waals surface area contributed by atoms with Crippen molar-refractivity contribution in [2.75, 3.05) is 51.5 Å². The maximum absolute atomic E-state index is 16.8. The lowest BCUT2D eigenvalue weighted by molar-refractivity contribution is -0.0845. The monoisotopic (exact) mass is 677 g/mol. The fraction of sp³-hybridized carbons (Fsp3) is 0.528. The first-order valence-corrected chi connectivity index (χ1v) is 17.4. The standard InChI is InChI=1S/C36H41ClFN5O5/c1-46-25-14-22(15-25)43-10-4-9-36(8-3-7-29(36)43)20-48-35-40-33-27(34(41-35)42-11-12-47-19-24(45)18-42)17-39-32(31(33)38)26-16-23(44)13-21-5-2-6-28(37)30(21)26/h2,5-6,13,16-17,22,24-25,29,44-45H,3-4,7-12,14-15,18-20H2,1H3. The van der Waals surface area contributed by atoms with Gasteiger partial charge >= 0.3 is 6.01 Å². The summed E-state index contributed by atoms with van der Waals surface area (Å²) in [6.07, 6.45) is 8.82. The minimum absolute atomic E-state index is 0.0126. The van der Waals surface area contributed by atoms with Gasteiger partial charge in [-0.2, -0.15) is 9.97 Å². The number of ether oxygens (including phenoxy) is 3. The smallest absolute Gasteiger partial charge is 0.319 e. The molecule has 0 radical (unpaired) electrons. The fourth-order valence-corrected chi connectivity index (χ4v) is 8.92. The number of piperidine rings is 1. The molecule has 4 aliphatic rings. The zero-order chi connectivity index (χ0) is 33.0. The molecule has 8 rings (SSSR count). The molecular weight excluding hydrogens is 637 g/mol. The number of aliphatic hydroxyl groups is 1. The van der Waals surface area contributed by atoms with E-state index in [-0.39, 0.29) is 41.5 Å². The Balaban J connectivity index is 1.19. The van der Waals surface area contributed by atoms with Gasteiger partial charge in [0.2, 0.25) is 0 Å². The first kappa shape index (κ1) is 31.9. The van der Waals surface area contributed by atoms with Crippen molar-refractivity contribution >= 4 is 39.1 Å². The van der Waals surface area contributed by atoms with E-state index in [1.165, 1.54) is 6.07 Å². The molecule has 2 aliphatic carbocycles. The van der Waals surface area contributed by atoms with Crippen LogP contribution in [0.4, 0.5) is 10.2 Å². The van der Waals surface area contributed by atoms with Gasteiger partial charge in [0.1, 0.15) is 22.8 Å². The van der Waals surface area contributed by atoms with Crippen LogP contribution in [0.5, 0.6) is 11.8 Å². The van der Waals surface area contributed by atoms with E-state index >= 15 is 4.39 Å².